The number of alkyl halides is 1. The molecule has 0 saturated heterocycles. The number of halogens is 1. The summed E-state index contributed by atoms with van der Waals surface area (Å²) in [5.74, 6) is 0. The Balaban J connectivity index is 0.000000932. The molecule has 3 nitrogen and oxygen atoms in total. The molecule has 0 atom stereocenters. The Bertz CT molecular complexity index is 1340. The number of benzene rings is 2. The van der Waals surface area contributed by atoms with Crippen molar-refractivity contribution in [2.75, 3.05) is 4.93 Å². The SMILES string of the molecule is CI.[C-]#[N+]c1ccn2c(c1)cc1c3ccccc3nc(-c3ccc(C)cc3)c12. The van der Waals surface area contributed by atoms with Crippen molar-refractivity contribution < 1.29 is 0 Å². The molecule has 0 bridgehead atoms. The number of fused-ring (bicyclic) bond motifs is 5. The summed E-state index contributed by atoms with van der Waals surface area (Å²) < 4.78 is 2.14. The molecule has 0 spiro atoms. The van der Waals surface area contributed by atoms with E-state index >= 15 is 0 Å². The predicted octanol–water partition coefficient (Wildman–Crippen LogP) is 7.22. The fourth-order valence-corrected chi connectivity index (χ4v) is 3.57. The molecule has 0 N–H and O–H groups in total. The van der Waals surface area contributed by atoms with Gasteiger partial charge in [-0.3, -0.25) is 0 Å². The number of nitrogens with zero attached hydrogens (tertiary/aromatic N) is 3. The van der Waals surface area contributed by atoms with Gasteiger partial charge in [0.1, 0.15) is 0 Å². The van der Waals surface area contributed by atoms with E-state index in [0.717, 1.165) is 38.6 Å². The molecule has 0 amide bonds. The molecule has 3 aromatic heterocycles. The van der Waals surface area contributed by atoms with E-state index in [-0.39, 0.29) is 0 Å². The third kappa shape index (κ3) is 3.02. The molecule has 3 heterocycles. The van der Waals surface area contributed by atoms with Crippen molar-refractivity contribution in [3.63, 3.8) is 0 Å². The lowest BCUT2D eigenvalue weighted by Crippen LogP contribution is -1.92. The minimum absolute atomic E-state index is 0.648. The van der Waals surface area contributed by atoms with Gasteiger partial charge in [-0.2, -0.15) is 0 Å². The van der Waals surface area contributed by atoms with Crippen LogP contribution in [0, 0.1) is 13.5 Å². The van der Waals surface area contributed by atoms with Crippen molar-refractivity contribution >= 4 is 55.6 Å². The lowest BCUT2D eigenvalue weighted by molar-refractivity contribution is 1.24. The fourth-order valence-electron chi connectivity index (χ4n) is 3.57. The van der Waals surface area contributed by atoms with Gasteiger partial charge in [0.15, 0.2) is 5.69 Å². The Labute approximate surface area is 177 Å². The van der Waals surface area contributed by atoms with Gasteiger partial charge in [0.05, 0.1) is 23.3 Å². The van der Waals surface area contributed by atoms with Gasteiger partial charge in [-0.1, -0.05) is 70.6 Å². The lowest BCUT2D eigenvalue weighted by atomic mass is 10.0. The second-order valence-corrected chi connectivity index (χ2v) is 6.54. The van der Waals surface area contributed by atoms with Crippen LogP contribution in [0.5, 0.6) is 0 Å². The Morgan fingerprint density at radius 3 is 2.43 bits per heavy atom. The third-order valence-electron chi connectivity index (χ3n) is 4.86. The molecule has 0 unspecified atom stereocenters. The molecule has 4 heteroatoms. The summed E-state index contributed by atoms with van der Waals surface area (Å²) >= 11 is 2.15. The van der Waals surface area contributed by atoms with E-state index < -0.39 is 0 Å². The number of hydrogen-bond acceptors (Lipinski definition) is 1. The summed E-state index contributed by atoms with van der Waals surface area (Å²) in [4.78, 5) is 10.5. The number of para-hydroxylation sites is 1. The van der Waals surface area contributed by atoms with Crippen molar-refractivity contribution in [1.29, 1.82) is 0 Å². The molecule has 0 aliphatic carbocycles. The highest BCUT2D eigenvalue weighted by Crippen LogP contribution is 2.35. The van der Waals surface area contributed by atoms with Crippen LogP contribution in [0.4, 0.5) is 5.69 Å². The summed E-state index contributed by atoms with van der Waals surface area (Å²) in [7, 11) is 0. The second kappa shape index (κ2) is 7.61. The van der Waals surface area contributed by atoms with E-state index in [9.17, 15) is 0 Å². The molecule has 0 radical (unpaired) electrons. The molecule has 0 aliphatic heterocycles. The zero-order valence-corrected chi connectivity index (χ0v) is 17.8. The molecule has 0 saturated carbocycles. The molecule has 136 valence electrons. The van der Waals surface area contributed by atoms with Crippen LogP contribution in [0.3, 0.4) is 0 Å². The maximum atomic E-state index is 7.28. The highest BCUT2D eigenvalue weighted by molar-refractivity contribution is 14.1. The van der Waals surface area contributed by atoms with Gasteiger partial charge in [0.2, 0.25) is 0 Å². The summed E-state index contributed by atoms with van der Waals surface area (Å²) in [5.41, 5.74) is 7.02. The topological polar surface area (TPSA) is 21.7 Å². The molecule has 28 heavy (non-hydrogen) atoms. The van der Waals surface area contributed by atoms with Crippen molar-refractivity contribution in [3.05, 3.63) is 89.9 Å². The van der Waals surface area contributed by atoms with Crippen molar-refractivity contribution in [2.45, 2.75) is 6.92 Å². The monoisotopic (exact) mass is 475 g/mol. The Kier molecular flexibility index (Phi) is 5.01. The Morgan fingerprint density at radius 2 is 1.68 bits per heavy atom. The summed E-state index contributed by atoms with van der Waals surface area (Å²) in [6.07, 6.45) is 1.97. The van der Waals surface area contributed by atoms with E-state index in [1.165, 1.54) is 5.56 Å². The smallest absolute Gasteiger partial charge is 0.190 e. The zero-order valence-electron chi connectivity index (χ0n) is 15.6. The molecule has 2 aromatic carbocycles. The van der Waals surface area contributed by atoms with Crippen LogP contribution in [0.2, 0.25) is 0 Å². The molecule has 5 aromatic rings. The number of pyridine rings is 2. The van der Waals surface area contributed by atoms with E-state index in [2.05, 4.69) is 81.2 Å². The van der Waals surface area contributed by atoms with Crippen LogP contribution >= 0.6 is 22.6 Å². The van der Waals surface area contributed by atoms with Gasteiger partial charge in [0.25, 0.3) is 0 Å². The maximum absolute atomic E-state index is 7.28. The first-order valence-corrected chi connectivity index (χ1v) is 11.1. The van der Waals surface area contributed by atoms with Crippen LogP contribution in [0.1, 0.15) is 5.56 Å². The Hall–Kier alpha value is -2.91. The van der Waals surface area contributed by atoms with Crippen LogP contribution in [0.15, 0.2) is 72.9 Å². The van der Waals surface area contributed by atoms with Gasteiger partial charge in [0, 0.05) is 21.9 Å². The highest BCUT2D eigenvalue weighted by atomic mass is 127. The molecule has 0 aliphatic rings. The molecule has 5 rings (SSSR count). The van der Waals surface area contributed by atoms with Crippen molar-refractivity contribution in [3.8, 4) is 11.3 Å². The number of rotatable bonds is 1. The average molecular weight is 475 g/mol. The third-order valence-corrected chi connectivity index (χ3v) is 4.86. The minimum Gasteiger partial charge on any atom is -0.317 e. The van der Waals surface area contributed by atoms with Gasteiger partial charge >= 0.3 is 0 Å². The quantitative estimate of drug-likeness (QED) is 0.143. The summed E-state index contributed by atoms with van der Waals surface area (Å²) in [5, 5.41) is 2.29. The van der Waals surface area contributed by atoms with Crippen LogP contribution in [0.25, 0.3) is 43.4 Å². The first-order chi connectivity index (χ1) is 13.7. The van der Waals surface area contributed by atoms with Crippen molar-refractivity contribution in [1.82, 2.24) is 9.38 Å². The van der Waals surface area contributed by atoms with Gasteiger partial charge in [-0.05, 0) is 42.3 Å². The second-order valence-electron chi connectivity index (χ2n) is 6.54. The predicted molar refractivity (Wildman–Crippen MR) is 127 cm³/mol. The minimum atomic E-state index is 0.648. The van der Waals surface area contributed by atoms with E-state index in [0.29, 0.717) is 5.69 Å². The van der Waals surface area contributed by atoms with Gasteiger partial charge in [-0.15, -0.1) is 0 Å². The summed E-state index contributed by atoms with van der Waals surface area (Å²) in [6, 6.07) is 22.7. The first-order valence-electron chi connectivity index (χ1n) is 8.90. The first kappa shape index (κ1) is 18.5. The average Bonchev–Trinajstić information content (AvgIpc) is 3.14. The van der Waals surface area contributed by atoms with Crippen LogP contribution in [-0.4, -0.2) is 14.3 Å². The van der Waals surface area contributed by atoms with Crippen LogP contribution in [-0.2, 0) is 0 Å². The largest absolute Gasteiger partial charge is 0.317 e. The van der Waals surface area contributed by atoms with Crippen LogP contribution < -0.4 is 0 Å². The van der Waals surface area contributed by atoms with E-state index in [1.807, 2.05) is 35.4 Å². The number of aromatic nitrogens is 2. The number of hydrogen-bond donors (Lipinski definition) is 0. The standard InChI is InChI=1S/C23H15N3.CH3I/c1-15-7-9-16(10-8-15)22-23-20(19-5-3-4-6-21(19)25-22)14-18-13-17(24-2)11-12-26(18)23;1-2/h3-14H,1H3;1H3. The molecular formula is C24H18IN3. The van der Waals surface area contributed by atoms with Crippen molar-refractivity contribution in [2.24, 2.45) is 0 Å². The zero-order chi connectivity index (χ0) is 19.7. The molecular weight excluding hydrogens is 457 g/mol. The number of aryl methyl sites for hydroxylation is 1. The lowest BCUT2D eigenvalue weighted by Gasteiger charge is -2.09. The maximum Gasteiger partial charge on any atom is 0.190 e. The highest BCUT2D eigenvalue weighted by Gasteiger charge is 2.15. The van der Waals surface area contributed by atoms with Gasteiger partial charge < -0.3 is 4.40 Å². The van der Waals surface area contributed by atoms with E-state index in [1.54, 1.807) is 0 Å². The summed E-state index contributed by atoms with van der Waals surface area (Å²) in [6.45, 7) is 9.37. The van der Waals surface area contributed by atoms with E-state index in [4.69, 9.17) is 11.6 Å². The fraction of sp³-hybridized carbons (Fsp3) is 0.0833. The Morgan fingerprint density at radius 1 is 0.929 bits per heavy atom. The molecule has 0 fully saturated rings. The normalized spacial score (nSPS) is 10.6. The van der Waals surface area contributed by atoms with Gasteiger partial charge in [-0.25, -0.2) is 9.83 Å².